The average Bonchev–Trinajstić information content (AvgIpc) is 1.93. The number of hydrogen-bond acceptors (Lipinski definition) is 1. The van der Waals surface area contributed by atoms with Crippen LogP contribution in [0.1, 0.15) is 5.56 Å². The first kappa shape index (κ1) is 8.85. The first-order chi connectivity index (χ1) is 5.18. The Balaban J connectivity index is 2.66. The highest BCUT2D eigenvalue weighted by Crippen LogP contribution is 2.11. The minimum Gasteiger partial charge on any atom is -0.315 e. The van der Waals surface area contributed by atoms with Gasteiger partial charge in [0.15, 0.2) is 0 Å². The summed E-state index contributed by atoms with van der Waals surface area (Å²) < 4.78 is 0. The SMILES string of the molecule is N[C@@H](Cl)Cc1ccc(Cl)cc1. The Bertz CT molecular complexity index is 218. The summed E-state index contributed by atoms with van der Waals surface area (Å²) in [6, 6.07) is 7.50. The minimum atomic E-state index is -0.309. The maximum atomic E-state index is 5.68. The van der Waals surface area contributed by atoms with Crippen LogP contribution >= 0.6 is 23.2 Å². The molecule has 1 atom stereocenters. The average molecular weight is 190 g/mol. The van der Waals surface area contributed by atoms with Gasteiger partial charge >= 0.3 is 0 Å². The fraction of sp³-hybridized carbons (Fsp3) is 0.250. The van der Waals surface area contributed by atoms with Crippen LogP contribution in [-0.4, -0.2) is 5.50 Å². The Morgan fingerprint density at radius 1 is 1.27 bits per heavy atom. The third-order valence-electron chi connectivity index (χ3n) is 1.34. The van der Waals surface area contributed by atoms with Gasteiger partial charge in [-0.3, -0.25) is 0 Å². The van der Waals surface area contributed by atoms with E-state index in [1.54, 1.807) is 0 Å². The smallest absolute Gasteiger partial charge is 0.0841 e. The van der Waals surface area contributed by atoms with Gasteiger partial charge in [0.2, 0.25) is 0 Å². The van der Waals surface area contributed by atoms with E-state index in [9.17, 15) is 0 Å². The molecular weight excluding hydrogens is 181 g/mol. The number of alkyl halides is 1. The monoisotopic (exact) mass is 189 g/mol. The summed E-state index contributed by atoms with van der Waals surface area (Å²) in [5.74, 6) is 0. The van der Waals surface area contributed by atoms with Gasteiger partial charge in [-0.2, -0.15) is 0 Å². The molecular formula is C8H9Cl2N. The largest absolute Gasteiger partial charge is 0.315 e. The topological polar surface area (TPSA) is 26.0 Å². The molecule has 1 rings (SSSR count). The lowest BCUT2D eigenvalue weighted by Crippen LogP contribution is -2.14. The Labute approximate surface area is 76.1 Å². The van der Waals surface area contributed by atoms with Crippen molar-refractivity contribution < 1.29 is 0 Å². The van der Waals surface area contributed by atoms with Crippen LogP contribution in [0.5, 0.6) is 0 Å². The van der Waals surface area contributed by atoms with E-state index in [4.69, 9.17) is 28.9 Å². The maximum absolute atomic E-state index is 5.68. The number of hydrogen-bond donors (Lipinski definition) is 1. The zero-order valence-electron chi connectivity index (χ0n) is 5.93. The van der Waals surface area contributed by atoms with E-state index in [1.165, 1.54) is 0 Å². The van der Waals surface area contributed by atoms with Crippen LogP contribution in [0.4, 0.5) is 0 Å². The molecule has 1 nitrogen and oxygen atoms in total. The highest BCUT2D eigenvalue weighted by atomic mass is 35.5. The van der Waals surface area contributed by atoms with Crippen molar-refractivity contribution in [1.82, 2.24) is 0 Å². The fourth-order valence-electron chi connectivity index (χ4n) is 0.846. The van der Waals surface area contributed by atoms with Crippen LogP contribution in [0.3, 0.4) is 0 Å². The summed E-state index contributed by atoms with van der Waals surface area (Å²) in [5.41, 5.74) is 6.19. The lowest BCUT2D eigenvalue weighted by atomic mass is 10.1. The van der Waals surface area contributed by atoms with Gasteiger partial charge in [-0.1, -0.05) is 23.7 Å². The summed E-state index contributed by atoms with van der Waals surface area (Å²) in [6.07, 6.45) is 0.679. The molecule has 11 heavy (non-hydrogen) atoms. The van der Waals surface area contributed by atoms with Crippen molar-refractivity contribution in [3.05, 3.63) is 34.9 Å². The van der Waals surface area contributed by atoms with Crippen LogP contribution in [0.15, 0.2) is 24.3 Å². The van der Waals surface area contributed by atoms with E-state index in [0.29, 0.717) is 6.42 Å². The van der Waals surface area contributed by atoms with E-state index >= 15 is 0 Å². The van der Waals surface area contributed by atoms with Crippen molar-refractivity contribution >= 4 is 23.2 Å². The fourth-order valence-corrected chi connectivity index (χ4v) is 1.15. The predicted octanol–water partition coefficient (Wildman–Crippen LogP) is 2.41. The van der Waals surface area contributed by atoms with Crippen LogP contribution in [0.25, 0.3) is 0 Å². The van der Waals surface area contributed by atoms with Gasteiger partial charge in [-0.05, 0) is 17.7 Å². The van der Waals surface area contributed by atoms with E-state index in [1.807, 2.05) is 24.3 Å². The molecule has 0 aliphatic carbocycles. The first-order valence-corrected chi connectivity index (χ1v) is 4.14. The van der Waals surface area contributed by atoms with E-state index in [2.05, 4.69) is 0 Å². The molecule has 0 amide bonds. The predicted molar refractivity (Wildman–Crippen MR) is 49.0 cm³/mol. The molecule has 0 fully saturated rings. The van der Waals surface area contributed by atoms with Crippen molar-refractivity contribution in [2.45, 2.75) is 11.9 Å². The normalized spacial score (nSPS) is 13.0. The molecule has 3 heteroatoms. The molecule has 0 spiro atoms. The molecule has 2 N–H and O–H groups in total. The standard InChI is InChI=1S/C8H9Cl2N/c9-7-3-1-6(2-4-7)5-8(10)11/h1-4,8H,5,11H2/t8-/m1/s1. The van der Waals surface area contributed by atoms with Crippen molar-refractivity contribution in [3.63, 3.8) is 0 Å². The zero-order valence-corrected chi connectivity index (χ0v) is 7.44. The Hall–Kier alpha value is -0.240. The second-order valence-corrected chi connectivity index (χ2v) is 3.34. The lowest BCUT2D eigenvalue weighted by Gasteiger charge is -2.02. The van der Waals surface area contributed by atoms with Crippen LogP contribution in [-0.2, 0) is 6.42 Å². The summed E-state index contributed by atoms with van der Waals surface area (Å²) in [7, 11) is 0. The molecule has 1 aromatic carbocycles. The van der Waals surface area contributed by atoms with Crippen LogP contribution in [0.2, 0.25) is 5.02 Å². The second-order valence-electron chi connectivity index (χ2n) is 2.35. The number of rotatable bonds is 2. The van der Waals surface area contributed by atoms with Gasteiger partial charge in [0.05, 0.1) is 5.50 Å². The van der Waals surface area contributed by atoms with Gasteiger partial charge in [-0.15, -0.1) is 11.6 Å². The number of benzene rings is 1. The Morgan fingerprint density at radius 3 is 2.27 bits per heavy atom. The Morgan fingerprint density at radius 2 is 1.82 bits per heavy atom. The van der Waals surface area contributed by atoms with Crippen molar-refractivity contribution in [2.24, 2.45) is 5.73 Å². The van der Waals surface area contributed by atoms with E-state index in [-0.39, 0.29) is 5.50 Å². The number of halogens is 2. The van der Waals surface area contributed by atoms with E-state index in [0.717, 1.165) is 10.6 Å². The Kier molecular flexibility index (Phi) is 3.18. The van der Waals surface area contributed by atoms with Gasteiger partial charge in [0.25, 0.3) is 0 Å². The minimum absolute atomic E-state index is 0.309. The number of nitrogens with two attached hydrogens (primary N) is 1. The molecule has 0 aromatic heterocycles. The van der Waals surface area contributed by atoms with Gasteiger partial charge in [0.1, 0.15) is 0 Å². The van der Waals surface area contributed by atoms with Gasteiger partial charge in [0, 0.05) is 11.4 Å². The molecule has 0 heterocycles. The lowest BCUT2D eigenvalue weighted by molar-refractivity contribution is 0.890. The third kappa shape index (κ3) is 3.10. The molecule has 0 bridgehead atoms. The molecule has 0 radical (unpaired) electrons. The van der Waals surface area contributed by atoms with Crippen molar-refractivity contribution in [3.8, 4) is 0 Å². The molecule has 0 saturated heterocycles. The van der Waals surface area contributed by atoms with Gasteiger partial charge in [-0.25, -0.2) is 0 Å². The summed E-state index contributed by atoms with van der Waals surface area (Å²) >= 11 is 11.3. The molecule has 1 aromatic rings. The summed E-state index contributed by atoms with van der Waals surface area (Å²) in [5, 5.41) is 0.733. The molecule has 0 aliphatic rings. The molecule has 0 unspecified atom stereocenters. The van der Waals surface area contributed by atoms with Crippen LogP contribution in [0, 0.1) is 0 Å². The third-order valence-corrected chi connectivity index (χ3v) is 1.75. The maximum Gasteiger partial charge on any atom is 0.0841 e. The molecule has 0 aliphatic heterocycles. The van der Waals surface area contributed by atoms with Crippen molar-refractivity contribution in [1.29, 1.82) is 0 Å². The highest BCUT2D eigenvalue weighted by molar-refractivity contribution is 6.30. The van der Waals surface area contributed by atoms with Crippen molar-refractivity contribution in [2.75, 3.05) is 0 Å². The second kappa shape index (κ2) is 3.96. The molecule has 60 valence electrons. The van der Waals surface area contributed by atoms with Gasteiger partial charge < -0.3 is 5.73 Å². The highest BCUT2D eigenvalue weighted by Gasteiger charge is 1.98. The summed E-state index contributed by atoms with van der Waals surface area (Å²) in [4.78, 5) is 0. The zero-order chi connectivity index (χ0) is 8.27. The molecule has 0 saturated carbocycles. The quantitative estimate of drug-likeness (QED) is 0.562. The van der Waals surface area contributed by atoms with Crippen LogP contribution < -0.4 is 5.73 Å². The van der Waals surface area contributed by atoms with E-state index < -0.39 is 0 Å². The first-order valence-electron chi connectivity index (χ1n) is 3.32. The summed E-state index contributed by atoms with van der Waals surface area (Å²) in [6.45, 7) is 0.